The minimum atomic E-state index is -1.33. The van der Waals surface area contributed by atoms with Gasteiger partial charge in [-0.05, 0) is 26.2 Å². The van der Waals surface area contributed by atoms with Crippen molar-refractivity contribution in [1.29, 1.82) is 0 Å². The number of ketones is 2. The first-order valence-electron chi connectivity index (χ1n) is 8.92. The number of carbonyl (C=O) groups excluding carboxylic acids is 4. The summed E-state index contributed by atoms with van der Waals surface area (Å²) in [5.74, 6) is -2.33. The highest BCUT2D eigenvalue weighted by atomic mass is 16.6. The Balaban J connectivity index is 1.92. The molecule has 1 heterocycles. The van der Waals surface area contributed by atoms with E-state index in [1.54, 1.807) is 13.0 Å². The molecule has 2 saturated carbocycles. The van der Waals surface area contributed by atoms with Gasteiger partial charge in [0.05, 0.1) is 16.7 Å². The lowest BCUT2D eigenvalue weighted by molar-refractivity contribution is -0.214. The van der Waals surface area contributed by atoms with Crippen LogP contribution in [0.25, 0.3) is 0 Å². The molecule has 2 spiro atoms. The van der Waals surface area contributed by atoms with Gasteiger partial charge >= 0.3 is 11.9 Å². The van der Waals surface area contributed by atoms with E-state index in [1.165, 1.54) is 6.92 Å². The summed E-state index contributed by atoms with van der Waals surface area (Å²) >= 11 is 0. The summed E-state index contributed by atoms with van der Waals surface area (Å²) in [5.41, 5.74) is -3.61. The second-order valence-electron chi connectivity index (χ2n) is 7.97. The van der Waals surface area contributed by atoms with Crippen LogP contribution in [0.2, 0.25) is 0 Å². The number of allylic oxidation sites excluding steroid dienone is 1. The third-order valence-electron chi connectivity index (χ3n) is 6.85. The molecule has 25 heavy (non-hydrogen) atoms. The van der Waals surface area contributed by atoms with E-state index in [0.717, 1.165) is 12.8 Å². The van der Waals surface area contributed by atoms with E-state index in [2.05, 4.69) is 0 Å². The fourth-order valence-electron chi connectivity index (χ4n) is 5.63. The van der Waals surface area contributed by atoms with Crippen molar-refractivity contribution in [3.63, 3.8) is 0 Å². The standard InChI is InChI=1S/C19H22O6/c1-11(20)25-17(2)12-6-8-19(16(17)23)13(9-12)15(22)24-10-18(19)7-4-3-5-14(18)21/h6,8,12-13H,3-5,7,9-10H2,1-2H3/t12-,13?,17-,18+,19-/m1/s1. The first-order chi connectivity index (χ1) is 11.8. The Morgan fingerprint density at radius 1 is 1.28 bits per heavy atom. The maximum Gasteiger partial charge on any atom is 0.310 e. The number of cyclic esters (lactones) is 1. The lowest BCUT2D eigenvalue weighted by Crippen LogP contribution is -2.73. The number of esters is 2. The minimum Gasteiger partial charge on any atom is -0.464 e. The molecule has 6 heteroatoms. The Morgan fingerprint density at radius 3 is 2.72 bits per heavy atom. The van der Waals surface area contributed by atoms with Crippen molar-refractivity contribution in [3.05, 3.63) is 12.2 Å². The van der Waals surface area contributed by atoms with Crippen LogP contribution >= 0.6 is 0 Å². The summed E-state index contributed by atoms with van der Waals surface area (Å²) in [7, 11) is 0. The van der Waals surface area contributed by atoms with Gasteiger partial charge in [0.1, 0.15) is 12.4 Å². The maximum absolute atomic E-state index is 13.7. The van der Waals surface area contributed by atoms with Gasteiger partial charge in [-0.15, -0.1) is 0 Å². The molecule has 1 aliphatic heterocycles. The molecule has 5 atom stereocenters. The van der Waals surface area contributed by atoms with Crippen molar-refractivity contribution in [2.24, 2.45) is 22.7 Å². The van der Waals surface area contributed by atoms with Crippen LogP contribution in [0.5, 0.6) is 0 Å². The van der Waals surface area contributed by atoms with E-state index in [1.807, 2.05) is 6.08 Å². The molecule has 5 aliphatic rings. The predicted molar refractivity (Wildman–Crippen MR) is 85.2 cm³/mol. The van der Waals surface area contributed by atoms with Crippen LogP contribution in [-0.4, -0.2) is 35.7 Å². The highest BCUT2D eigenvalue weighted by Crippen LogP contribution is 2.65. The minimum absolute atomic E-state index is 0.0141. The number of ether oxygens (including phenoxy) is 2. The van der Waals surface area contributed by atoms with E-state index in [4.69, 9.17) is 9.47 Å². The molecule has 1 saturated heterocycles. The molecular weight excluding hydrogens is 324 g/mol. The van der Waals surface area contributed by atoms with Gasteiger partial charge in [0.15, 0.2) is 11.4 Å². The van der Waals surface area contributed by atoms with Gasteiger partial charge in [0.25, 0.3) is 0 Å². The van der Waals surface area contributed by atoms with Gasteiger partial charge in [-0.1, -0.05) is 18.6 Å². The zero-order valence-corrected chi connectivity index (χ0v) is 14.5. The van der Waals surface area contributed by atoms with E-state index in [0.29, 0.717) is 19.3 Å². The summed E-state index contributed by atoms with van der Waals surface area (Å²) in [6, 6.07) is 0. The van der Waals surface area contributed by atoms with Crippen LogP contribution in [0, 0.1) is 22.7 Å². The van der Waals surface area contributed by atoms with Gasteiger partial charge in [-0.25, -0.2) is 0 Å². The van der Waals surface area contributed by atoms with Crippen molar-refractivity contribution in [1.82, 2.24) is 0 Å². The molecule has 0 N–H and O–H groups in total. The van der Waals surface area contributed by atoms with Crippen molar-refractivity contribution in [3.8, 4) is 0 Å². The average molecular weight is 346 g/mol. The van der Waals surface area contributed by atoms with E-state index >= 15 is 0 Å². The van der Waals surface area contributed by atoms with Crippen LogP contribution < -0.4 is 0 Å². The van der Waals surface area contributed by atoms with Gasteiger partial charge in [-0.3, -0.25) is 19.2 Å². The van der Waals surface area contributed by atoms with Crippen LogP contribution in [0.15, 0.2) is 12.2 Å². The summed E-state index contributed by atoms with van der Waals surface area (Å²) in [5, 5.41) is 0. The predicted octanol–water partition coefficient (Wildman–Crippen LogP) is 1.76. The Kier molecular flexibility index (Phi) is 3.31. The first kappa shape index (κ1) is 16.5. The molecule has 0 aromatic heterocycles. The van der Waals surface area contributed by atoms with Crippen molar-refractivity contribution in [2.75, 3.05) is 6.61 Å². The van der Waals surface area contributed by atoms with Crippen molar-refractivity contribution >= 4 is 23.5 Å². The Morgan fingerprint density at radius 2 is 2.04 bits per heavy atom. The summed E-state index contributed by atoms with van der Waals surface area (Å²) in [4.78, 5) is 50.8. The Labute approximate surface area is 145 Å². The molecule has 0 aromatic rings. The topological polar surface area (TPSA) is 86.7 Å². The summed E-state index contributed by atoms with van der Waals surface area (Å²) in [6.45, 7) is 2.83. The number of rotatable bonds is 1. The molecule has 5 rings (SSSR count). The fraction of sp³-hybridized carbons (Fsp3) is 0.684. The van der Waals surface area contributed by atoms with Crippen molar-refractivity contribution in [2.45, 2.75) is 51.6 Å². The summed E-state index contributed by atoms with van der Waals surface area (Å²) in [6.07, 6.45) is 6.50. The van der Waals surface area contributed by atoms with Crippen LogP contribution in [0.3, 0.4) is 0 Å². The number of hydrogen-bond acceptors (Lipinski definition) is 6. The van der Waals surface area contributed by atoms with Crippen LogP contribution in [0.1, 0.15) is 46.0 Å². The fourth-order valence-corrected chi connectivity index (χ4v) is 5.63. The molecule has 0 radical (unpaired) electrons. The molecule has 2 bridgehead atoms. The van der Waals surface area contributed by atoms with E-state index in [-0.39, 0.29) is 24.1 Å². The first-order valence-corrected chi connectivity index (χ1v) is 8.92. The molecular formula is C19H22O6. The largest absolute Gasteiger partial charge is 0.464 e. The van der Waals surface area contributed by atoms with Gasteiger partial charge in [0.2, 0.25) is 0 Å². The van der Waals surface area contributed by atoms with Crippen LogP contribution in [-0.2, 0) is 28.7 Å². The number of fused-ring (bicyclic) bond motifs is 1. The Hall–Kier alpha value is -1.98. The van der Waals surface area contributed by atoms with Crippen LogP contribution in [0.4, 0.5) is 0 Å². The Bertz CT molecular complexity index is 723. The van der Waals surface area contributed by atoms with E-state index in [9.17, 15) is 19.2 Å². The number of hydrogen-bond donors (Lipinski definition) is 0. The SMILES string of the molecule is CC(=O)O[C@@]1(C)C(=O)[C@@]23C=C[C@@H]1CC2C(=O)OC[C@]31CCCCC1=O. The molecule has 6 nitrogen and oxygen atoms in total. The third kappa shape index (κ3) is 1.80. The zero-order valence-electron chi connectivity index (χ0n) is 14.5. The normalized spacial score (nSPS) is 45.3. The van der Waals surface area contributed by atoms with Gasteiger partial charge in [-0.2, -0.15) is 0 Å². The third-order valence-corrected chi connectivity index (χ3v) is 6.85. The molecule has 134 valence electrons. The molecule has 0 aromatic carbocycles. The smallest absolute Gasteiger partial charge is 0.310 e. The second-order valence-corrected chi connectivity index (χ2v) is 7.97. The summed E-state index contributed by atoms with van der Waals surface area (Å²) < 4.78 is 10.9. The lowest BCUT2D eigenvalue weighted by atomic mass is 9.41. The molecule has 4 aliphatic carbocycles. The molecule has 1 unspecified atom stereocenters. The highest BCUT2D eigenvalue weighted by molar-refractivity contribution is 6.07. The highest BCUT2D eigenvalue weighted by Gasteiger charge is 2.75. The van der Waals surface area contributed by atoms with Gasteiger partial charge in [0, 0.05) is 19.3 Å². The van der Waals surface area contributed by atoms with Gasteiger partial charge < -0.3 is 9.47 Å². The maximum atomic E-state index is 13.7. The zero-order chi connectivity index (χ0) is 18.0. The quantitative estimate of drug-likeness (QED) is 0.531. The second kappa shape index (κ2) is 5.02. The monoisotopic (exact) mass is 346 g/mol. The molecule has 3 fully saturated rings. The number of Topliss-reactive ketones (excluding diaryl/α,β-unsaturated/α-hetero) is 2. The number of carbonyl (C=O) groups is 4. The average Bonchev–Trinajstić information content (AvgIpc) is 2.57. The molecule has 0 amide bonds. The lowest BCUT2D eigenvalue weighted by Gasteiger charge is -2.62. The van der Waals surface area contributed by atoms with Crippen molar-refractivity contribution < 1.29 is 28.7 Å². The van der Waals surface area contributed by atoms with E-state index < -0.39 is 34.3 Å².